The van der Waals surface area contributed by atoms with Gasteiger partial charge in [0, 0.05) is 22.7 Å². The van der Waals surface area contributed by atoms with Crippen LogP contribution in [0.2, 0.25) is 0 Å². The molecule has 6 rings (SSSR count). The lowest BCUT2D eigenvalue weighted by molar-refractivity contribution is 0.362. The Morgan fingerprint density at radius 1 is 0.380 bits per heavy atom. The number of aryl methyl sites for hydroxylation is 4. The number of benzene rings is 4. The van der Waals surface area contributed by atoms with Crippen LogP contribution in [0.5, 0.6) is 23.5 Å². The summed E-state index contributed by atoms with van der Waals surface area (Å²) in [5.74, 6) is 1.79. The smallest absolute Gasteiger partial charge is 0.225 e. The summed E-state index contributed by atoms with van der Waals surface area (Å²) in [4.78, 5) is 9.78. The van der Waals surface area contributed by atoms with Crippen LogP contribution in [0, 0.1) is 27.7 Å². The molecule has 0 amide bonds. The second kappa shape index (κ2) is 15.4. The highest BCUT2D eigenvalue weighted by molar-refractivity contribution is 7.80. The Labute approximate surface area is 298 Å². The second-order valence-electron chi connectivity index (χ2n) is 12.1. The molecule has 4 aromatic carbocycles. The van der Waals surface area contributed by atoms with Crippen molar-refractivity contribution in [2.45, 2.75) is 27.7 Å². The van der Waals surface area contributed by atoms with Crippen molar-refractivity contribution in [3.63, 3.8) is 0 Å². The molecule has 2 aromatic heterocycles. The molecule has 0 radical (unpaired) electrons. The molecule has 0 aliphatic heterocycles. The topological polar surface area (TPSA) is 62.7 Å². The maximum Gasteiger partial charge on any atom is 0.225 e. The number of pyridine rings is 2. The van der Waals surface area contributed by atoms with Crippen LogP contribution in [-0.2, 0) is 0 Å². The van der Waals surface area contributed by atoms with Gasteiger partial charge in [0.05, 0.1) is 39.6 Å². The van der Waals surface area contributed by atoms with Crippen LogP contribution in [0.4, 0.5) is 0 Å². The van der Waals surface area contributed by atoms with Crippen LogP contribution in [0.3, 0.4) is 0 Å². The van der Waals surface area contributed by atoms with Gasteiger partial charge in [-0.25, -0.2) is 0 Å². The number of hydrogen-bond donors (Lipinski definition) is 0. The Morgan fingerprint density at radius 3 is 0.860 bits per heavy atom. The number of rotatable bonds is 11. The lowest BCUT2D eigenvalue weighted by Gasteiger charge is -2.28. The lowest BCUT2D eigenvalue weighted by atomic mass is 10.1. The fourth-order valence-corrected chi connectivity index (χ4v) is 10.8. The third-order valence-electron chi connectivity index (χ3n) is 8.59. The van der Waals surface area contributed by atoms with Crippen LogP contribution >= 0.6 is 15.8 Å². The van der Waals surface area contributed by atoms with E-state index in [0.29, 0.717) is 23.5 Å². The SMILES string of the molecule is COc1cc(P(c2ccc(C)cc2)c2ccc(C)cc2)c(-c2c(P(c3ccc(C)cc3)c3ccc(C)cc3)cc(OC)nc2OC)c(OC)n1. The summed E-state index contributed by atoms with van der Waals surface area (Å²) in [6, 6.07) is 39.2. The highest BCUT2D eigenvalue weighted by atomic mass is 31.1. The van der Waals surface area contributed by atoms with E-state index in [1.807, 2.05) is 0 Å². The Kier molecular flexibility index (Phi) is 10.8. The van der Waals surface area contributed by atoms with E-state index in [-0.39, 0.29) is 0 Å². The summed E-state index contributed by atoms with van der Waals surface area (Å²) in [6.07, 6.45) is 0. The molecule has 0 fully saturated rings. The number of nitrogens with zero attached hydrogens (tertiary/aromatic N) is 2. The minimum Gasteiger partial charge on any atom is -0.481 e. The predicted octanol–water partition coefficient (Wildman–Crippen LogP) is 6.93. The standard InChI is InChI=1S/C42H42N2O4P2/c1-27-9-17-31(18-10-27)49(32-19-11-28(2)12-20-32)35-25-37(45-5)43-41(47-7)39(35)40-36(26-38(46-6)44-42(40)48-8)50(33-21-13-29(3)14-22-33)34-23-15-30(4)16-24-34/h9-26H,1-8H3. The molecule has 0 aliphatic carbocycles. The van der Waals surface area contributed by atoms with Crippen molar-refractivity contribution < 1.29 is 18.9 Å². The molecule has 0 aliphatic rings. The zero-order valence-corrected chi connectivity index (χ0v) is 31.6. The van der Waals surface area contributed by atoms with Crippen molar-refractivity contribution in [3.05, 3.63) is 131 Å². The van der Waals surface area contributed by atoms with Crippen LogP contribution in [0.15, 0.2) is 109 Å². The van der Waals surface area contributed by atoms with Crippen molar-refractivity contribution in [2.24, 2.45) is 0 Å². The zero-order chi connectivity index (χ0) is 35.4. The van der Waals surface area contributed by atoms with Gasteiger partial charge in [-0.05, 0) is 64.8 Å². The number of hydrogen-bond acceptors (Lipinski definition) is 6. The molecule has 6 nitrogen and oxygen atoms in total. The minimum atomic E-state index is -1.14. The van der Waals surface area contributed by atoms with Crippen LogP contribution in [0.25, 0.3) is 11.1 Å². The van der Waals surface area contributed by atoms with Gasteiger partial charge in [-0.3, -0.25) is 0 Å². The van der Waals surface area contributed by atoms with E-state index in [1.54, 1.807) is 28.4 Å². The molecule has 254 valence electrons. The maximum atomic E-state index is 6.19. The molecule has 0 saturated heterocycles. The van der Waals surface area contributed by atoms with Crippen LogP contribution < -0.4 is 50.8 Å². The summed E-state index contributed by atoms with van der Waals surface area (Å²) in [7, 11) is 4.30. The third-order valence-corrected chi connectivity index (χ3v) is 13.5. The van der Waals surface area contributed by atoms with E-state index in [0.717, 1.165) is 21.7 Å². The van der Waals surface area contributed by atoms with Gasteiger partial charge in [-0.2, -0.15) is 9.97 Å². The second-order valence-corrected chi connectivity index (χ2v) is 16.5. The summed E-state index contributed by atoms with van der Waals surface area (Å²) >= 11 is 0. The van der Waals surface area contributed by atoms with Crippen molar-refractivity contribution >= 4 is 47.7 Å². The van der Waals surface area contributed by atoms with Crippen molar-refractivity contribution in [3.8, 4) is 34.6 Å². The van der Waals surface area contributed by atoms with Gasteiger partial charge in [0.15, 0.2) is 0 Å². The average Bonchev–Trinajstić information content (AvgIpc) is 3.14. The lowest BCUT2D eigenvalue weighted by Crippen LogP contribution is -2.27. The highest BCUT2D eigenvalue weighted by Gasteiger charge is 2.33. The van der Waals surface area contributed by atoms with Crippen molar-refractivity contribution in [2.75, 3.05) is 28.4 Å². The molecule has 0 bridgehead atoms. The maximum absolute atomic E-state index is 6.19. The first kappa shape index (κ1) is 35.1. The molecular weight excluding hydrogens is 658 g/mol. The summed E-state index contributed by atoms with van der Waals surface area (Å²) in [5, 5.41) is 6.79. The van der Waals surface area contributed by atoms with Gasteiger partial charge in [0.25, 0.3) is 0 Å². The normalized spacial score (nSPS) is 11.2. The molecule has 8 heteroatoms. The van der Waals surface area contributed by atoms with E-state index in [2.05, 4.69) is 137 Å². The molecule has 0 atom stereocenters. The average molecular weight is 701 g/mol. The predicted molar refractivity (Wildman–Crippen MR) is 210 cm³/mol. The molecule has 6 aromatic rings. The first-order chi connectivity index (χ1) is 24.2. The van der Waals surface area contributed by atoms with Gasteiger partial charge >= 0.3 is 0 Å². The van der Waals surface area contributed by atoms with E-state index in [4.69, 9.17) is 28.9 Å². The van der Waals surface area contributed by atoms with E-state index in [1.165, 1.54) is 43.5 Å². The van der Waals surface area contributed by atoms with Crippen molar-refractivity contribution in [1.82, 2.24) is 9.97 Å². The molecule has 0 saturated carbocycles. The van der Waals surface area contributed by atoms with Gasteiger partial charge in [-0.1, -0.05) is 119 Å². The fourth-order valence-electron chi connectivity index (χ4n) is 5.93. The highest BCUT2D eigenvalue weighted by Crippen LogP contribution is 2.47. The Hall–Kier alpha value is -4.76. The zero-order valence-electron chi connectivity index (χ0n) is 29.8. The molecule has 0 unspecified atom stereocenters. The van der Waals surface area contributed by atoms with Crippen LogP contribution in [-0.4, -0.2) is 38.4 Å². The van der Waals surface area contributed by atoms with Crippen LogP contribution in [0.1, 0.15) is 22.3 Å². The van der Waals surface area contributed by atoms with E-state index < -0.39 is 15.8 Å². The minimum absolute atomic E-state index is 0.431. The Balaban J connectivity index is 1.76. The summed E-state index contributed by atoms with van der Waals surface area (Å²) in [5.41, 5.74) is 6.42. The van der Waals surface area contributed by atoms with Gasteiger partial charge in [-0.15, -0.1) is 0 Å². The number of methoxy groups -OCH3 is 4. The number of aromatic nitrogens is 2. The fraction of sp³-hybridized carbons (Fsp3) is 0.190. The van der Waals surface area contributed by atoms with Gasteiger partial charge in [0.2, 0.25) is 23.5 Å². The number of ether oxygens (including phenoxy) is 4. The summed E-state index contributed by atoms with van der Waals surface area (Å²) < 4.78 is 24.1. The first-order valence-corrected chi connectivity index (χ1v) is 19.1. The molecule has 2 heterocycles. The Bertz CT molecular complexity index is 1840. The quantitative estimate of drug-likeness (QED) is 0.137. The molecule has 0 N–H and O–H groups in total. The Morgan fingerprint density at radius 2 is 0.640 bits per heavy atom. The van der Waals surface area contributed by atoms with Crippen molar-refractivity contribution in [1.29, 1.82) is 0 Å². The van der Waals surface area contributed by atoms with Gasteiger partial charge < -0.3 is 18.9 Å². The monoisotopic (exact) mass is 700 g/mol. The first-order valence-electron chi connectivity index (χ1n) is 16.4. The van der Waals surface area contributed by atoms with Gasteiger partial charge in [0.1, 0.15) is 0 Å². The third kappa shape index (κ3) is 7.24. The summed E-state index contributed by atoms with van der Waals surface area (Å²) in [6.45, 7) is 8.45. The molecule has 50 heavy (non-hydrogen) atoms. The largest absolute Gasteiger partial charge is 0.481 e. The van der Waals surface area contributed by atoms with E-state index >= 15 is 0 Å². The molecule has 0 spiro atoms. The van der Waals surface area contributed by atoms with E-state index in [9.17, 15) is 0 Å². The molecular formula is C42H42N2O4P2.